The van der Waals surface area contributed by atoms with Gasteiger partial charge in [0.05, 0.1) is 5.75 Å². The number of amides is 1. The molecule has 0 saturated carbocycles. The monoisotopic (exact) mass is 345 g/mol. The minimum absolute atomic E-state index is 0.0261. The molecule has 0 aliphatic heterocycles. The largest absolute Gasteiger partial charge is 0.573 e. The van der Waals surface area contributed by atoms with E-state index < -0.39 is 18.1 Å². The van der Waals surface area contributed by atoms with Crippen molar-refractivity contribution in [1.82, 2.24) is 0 Å². The molecule has 0 bridgehead atoms. The van der Waals surface area contributed by atoms with Crippen molar-refractivity contribution in [3.63, 3.8) is 0 Å². The van der Waals surface area contributed by atoms with Gasteiger partial charge in [0.25, 0.3) is 0 Å². The Hall–Kier alpha value is -2.22. The number of carbonyl (C=O) groups excluding carboxylic acids is 1. The Balaban J connectivity index is 1.87. The third kappa shape index (κ3) is 5.82. The number of hydrogen-bond acceptors (Lipinski definition) is 3. The molecule has 0 unspecified atom stereocenters. The summed E-state index contributed by atoms with van der Waals surface area (Å²) in [7, 11) is 0. The van der Waals surface area contributed by atoms with E-state index in [0.717, 1.165) is 23.9 Å². The Morgan fingerprint density at radius 1 is 1.09 bits per heavy atom. The predicted molar refractivity (Wildman–Crippen MR) is 78.9 cm³/mol. The van der Waals surface area contributed by atoms with Gasteiger partial charge in [0.15, 0.2) is 0 Å². The maximum Gasteiger partial charge on any atom is 0.573 e. The topological polar surface area (TPSA) is 38.3 Å². The van der Waals surface area contributed by atoms with Crippen molar-refractivity contribution in [3.05, 3.63) is 54.3 Å². The first-order valence-corrected chi connectivity index (χ1v) is 7.35. The van der Waals surface area contributed by atoms with Crippen molar-refractivity contribution in [2.24, 2.45) is 0 Å². The fourth-order valence-corrected chi connectivity index (χ4v) is 2.38. The van der Waals surface area contributed by atoms with Gasteiger partial charge >= 0.3 is 6.36 Å². The van der Waals surface area contributed by atoms with Crippen LogP contribution in [-0.4, -0.2) is 18.0 Å². The van der Waals surface area contributed by atoms with E-state index in [9.17, 15) is 22.4 Å². The van der Waals surface area contributed by atoms with E-state index in [0.29, 0.717) is 10.6 Å². The predicted octanol–water partition coefficient (Wildman–Crippen LogP) is 4.46. The van der Waals surface area contributed by atoms with Gasteiger partial charge in [-0.3, -0.25) is 4.79 Å². The molecule has 0 radical (unpaired) electrons. The summed E-state index contributed by atoms with van der Waals surface area (Å²) in [6.45, 7) is 0. The quantitative estimate of drug-likeness (QED) is 0.642. The molecule has 3 nitrogen and oxygen atoms in total. The van der Waals surface area contributed by atoms with E-state index in [2.05, 4.69) is 10.1 Å². The van der Waals surface area contributed by atoms with Crippen molar-refractivity contribution in [1.29, 1.82) is 0 Å². The number of anilines is 1. The van der Waals surface area contributed by atoms with Gasteiger partial charge in [-0.1, -0.05) is 12.1 Å². The van der Waals surface area contributed by atoms with Crippen LogP contribution in [0.15, 0.2) is 53.4 Å². The lowest BCUT2D eigenvalue weighted by Crippen LogP contribution is -2.17. The molecular weight excluding hydrogens is 334 g/mol. The van der Waals surface area contributed by atoms with Crippen LogP contribution in [0.5, 0.6) is 5.75 Å². The molecule has 0 aromatic heterocycles. The van der Waals surface area contributed by atoms with Crippen molar-refractivity contribution >= 4 is 23.4 Å². The second-order valence-corrected chi connectivity index (χ2v) is 5.36. The molecule has 2 aromatic carbocycles. The molecule has 0 spiro atoms. The lowest BCUT2D eigenvalue weighted by molar-refractivity contribution is -0.274. The van der Waals surface area contributed by atoms with Gasteiger partial charge in [0, 0.05) is 10.6 Å². The van der Waals surface area contributed by atoms with Gasteiger partial charge in [-0.25, -0.2) is 4.39 Å². The first-order chi connectivity index (χ1) is 10.8. The van der Waals surface area contributed by atoms with Gasteiger partial charge in [-0.2, -0.15) is 0 Å². The summed E-state index contributed by atoms with van der Waals surface area (Å²) in [6.07, 6.45) is -4.76. The average Bonchev–Trinajstić information content (AvgIpc) is 2.47. The summed E-state index contributed by atoms with van der Waals surface area (Å²) in [5.74, 6) is -1.22. The number of halogens is 4. The Kier molecular flexibility index (Phi) is 5.49. The number of carbonyl (C=O) groups is 1. The molecular formula is C15H11F4NO2S. The fourth-order valence-electron chi connectivity index (χ4n) is 1.64. The van der Waals surface area contributed by atoms with Crippen LogP contribution >= 0.6 is 11.8 Å². The minimum Gasteiger partial charge on any atom is -0.406 e. The van der Waals surface area contributed by atoms with Crippen LogP contribution in [-0.2, 0) is 4.79 Å². The number of ether oxygens (including phenoxy) is 1. The van der Waals surface area contributed by atoms with Crippen LogP contribution in [0.2, 0.25) is 0 Å². The highest BCUT2D eigenvalue weighted by molar-refractivity contribution is 8.00. The third-order valence-corrected chi connectivity index (χ3v) is 3.62. The van der Waals surface area contributed by atoms with Gasteiger partial charge < -0.3 is 10.1 Å². The third-order valence-electron chi connectivity index (χ3n) is 2.57. The normalized spacial score (nSPS) is 11.1. The van der Waals surface area contributed by atoms with Crippen molar-refractivity contribution in [2.45, 2.75) is 11.3 Å². The second kappa shape index (κ2) is 7.36. The molecule has 0 fully saturated rings. The highest BCUT2D eigenvalue weighted by Gasteiger charge is 2.30. The van der Waals surface area contributed by atoms with Gasteiger partial charge in [-0.15, -0.1) is 24.9 Å². The Bertz CT molecular complexity index is 674. The van der Waals surface area contributed by atoms with E-state index >= 15 is 0 Å². The maximum atomic E-state index is 13.4. The molecule has 2 rings (SSSR count). The molecule has 122 valence electrons. The first-order valence-electron chi connectivity index (χ1n) is 6.36. The lowest BCUT2D eigenvalue weighted by Gasteiger charge is -2.10. The summed E-state index contributed by atoms with van der Waals surface area (Å²) in [6, 6.07) is 10.8. The molecule has 1 N–H and O–H groups in total. The van der Waals surface area contributed by atoms with Crippen molar-refractivity contribution in [3.8, 4) is 5.75 Å². The van der Waals surface area contributed by atoms with Gasteiger partial charge in [-0.05, 0) is 36.4 Å². The number of thioether (sulfide) groups is 1. The molecule has 2 aromatic rings. The Morgan fingerprint density at radius 3 is 2.35 bits per heavy atom. The standard InChI is InChI=1S/C15H11F4NO2S/c16-12-3-1-2-4-13(12)23-9-14(21)20-10-5-7-11(8-6-10)22-15(17,18)19/h1-8H,9H2,(H,20,21). The molecule has 8 heteroatoms. The lowest BCUT2D eigenvalue weighted by atomic mass is 10.3. The van der Waals surface area contributed by atoms with Gasteiger partial charge in [0.2, 0.25) is 5.91 Å². The number of hydrogen-bond donors (Lipinski definition) is 1. The number of alkyl halides is 3. The molecule has 0 heterocycles. The van der Waals surface area contributed by atoms with Crippen LogP contribution < -0.4 is 10.1 Å². The van der Waals surface area contributed by atoms with Crippen LogP contribution in [0.4, 0.5) is 23.2 Å². The van der Waals surface area contributed by atoms with E-state index in [1.54, 1.807) is 18.2 Å². The zero-order valence-corrected chi connectivity index (χ0v) is 12.4. The fraction of sp³-hybridized carbons (Fsp3) is 0.133. The summed E-state index contributed by atoms with van der Waals surface area (Å²) < 4.78 is 53.2. The Morgan fingerprint density at radius 2 is 1.74 bits per heavy atom. The van der Waals surface area contributed by atoms with Crippen LogP contribution in [0, 0.1) is 5.82 Å². The summed E-state index contributed by atoms with van der Waals surface area (Å²) in [5, 5.41) is 2.50. The number of nitrogens with one attached hydrogen (secondary N) is 1. The van der Waals surface area contributed by atoms with E-state index in [-0.39, 0.29) is 11.5 Å². The molecule has 0 aliphatic carbocycles. The van der Waals surface area contributed by atoms with Crippen LogP contribution in [0.3, 0.4) is 0 Å². The Labute approximate surface area is 133 Å². The molecule has 0 aliphatic rings. The zero-order valence-electron chi connectivity index (χ0n) is 11.6. The summed E-state index contributed by atoms with van der Waals surface area (Å²) in [5.41, 5.74) is 0.318. The van der Waals surface area contributed by atoms with Crippen molar-refractivity contribution < 1.29 is 27.1 Å². The minimum atomic E-state index is -4.76. The highest BCUT2D eigenvalue weighted by atomic mass is 32.2. The smallest absolute Gasteiger partial charge is 0.406 e. The average molecular weight is 345 g/mol. The van der Waals surface area contributed by atoms with E-state index in [1.807, 2.05) is 0 Å². The van der Waals surface area contributed by atoms with Crippen LogP contribution in [0.1, 0.15) is 0 Å². The van der Waals surface area contributed by atoms with Gasteiger partial charge in [0.1, 0.15) is 11.6 Å². The highest BCUT2D eigenvalue weighted by Crippen LogP contribution is 2.24. The summed E-state index contributed by atoms with van der Waals surface area (Å²) >= 11 is 1.02. The molecule has 0 atom stereocenters. The number of benzene rings is 2. The van der Waals surface area contributed by atoms with E-state index in [4.69, 9.17) is 0 Å². The van der Waals surface area contributed by atoms with E-state index in [1.165, 1.54) is 18.2 Å². The van der Waals surface area contributed by atoms with Crippen LogP contribution in [0.25, 0.3) is 0 Å². The molecule has 1 amide bonds. The SMILES string of the molecule is O=C(CSc1ccccc1F)Nc1ccc(OC(F)(F)F)cc1. The second-order valence-electron chi connectivity index (χ2n) is 4.34. The summed E-state index contributed by atoms with van der Waals surface area (Å²) in [4.78, 5) is 12.1. The van der Waals surface area contributed by atoms with Crippen molar-refractivity contribution in [2.75, 3.05) is 11.1 Å². The maximum absolute atomic E-state index is 13.4. The molecule has 0 saturated heterocycles. The first kappa shape index (κ1) is 17.1. The zero-order chi connectivity index (χ0) is 16.9. The number of rotatable bonds is 5. The molecule has 23 heavy (non-hydrogen) atoms.